The minimum absolute atomic E-state index is 0.117. The minimum atomic E-state index is -0.399. The first kappa shape index (κ1) is 24.0. The van der Waals surface area contributed by atoms with Gasteiger partial charge in [-0.25, -0.2) is 4.79 Å². The lowest BCUT2D eigenvalue weighted by atomic mass is 10.1. The Bertz CT molecular complexity index is 1120. The number of carbonyl (C=O) groups excluding carboxylic acids is 2. The van der Waals surface area contributed by atoms with E-state index in [-0.39, 0.29) is 12.5 Å². The van der Waals surface area contributed by atoms with E-state index in [0.717, 1.165) is 35.1 Å². The van der Waals surface area contributed by atoms with E-state index in [1.165, 1.54) is 7.11 Å². The van der Waals surface area contributed by atoms with Gasteiger partial charge in [-0.15, -0.1) is 0 Å². The molecule has 0 aromatic heterocycles. The maximum Gasteiger partial charge on any atom is 0.337 e. The Balaban J connectivity index is 1.79. The van der Waals surface area contributed by atoms with E-state index in [9.17, 15) is 9.59 Å². The van der Waals surface area contributed by atoms with Crippen molar-refractivity contribution in [2.24, 2.45) is 0 Å². The van der Waals surface area contributed by atoms with E-state index < -0.39 is 5.97 Å². The molecule has 0 saturated carbocycles. The molecule has 0 radical (unpaired) electrons. The van der Waals surface area contributed by atoms with Crippen molar-refractivity contribution in [2.75, 3.05) is 40.9 Å². The number of hydrogen-bond donors (Lipinski definition) is 1. The van der Waals surface area contributed by atoms with Crippen LogP contribution in [0.5, 0.6) is 5.75 Å². The molecule has 0 aliphatic rings. The molecule has 1 N–H and O–H groups in total. The van der Waals surface area contributed by atoms with Crippen molar-refractivity contribution >= 4 is 28.7 Å². The predicted octanol–water partition coefficient (Wildman–Crippen LogP) is 4.16. The monoisotopic (exact) mass is 446 g/mol. The largest absolute Gasteiger partial charge is 0.488 e. The second-order valence-electron chi connectivity index (χ2n) is 7.96. The van der Waals surface area contributed by atoms with E-state index >= 15 is 0 Å². The lowest BCUT2D eigenvalue weighted by Gasteiger charge is -2.14. The first-order valence-corrected chi connectivity index (χ1v) is 10.9. The highest BCUT2D eigenvalue weighted by molar-refractivity contribution is 5.98. The predicted molar refractivity (Wildman–Crippen MR) is 131 cm³/mol. The topological polar surface area (TPSA) is 67.9 Å². The van der Waals surface area contributed by atoms with E-state index in [1.54, 1.807) is 30.3 Å². The first-order chi connectivity index (χ1) is 16.0. The maximum absolute atomic E-state index is 13.0. The highest BCUT2D eigenvalue weighted by atomic mass is 16.5. The molecular formula is C27H30N2O4. The number of nitrogens with zero attached hydrogens (tertiary/aromatic N) is 1. The smallest absolute Gasteiger partial charge is 0.337 e. The summed E-state index contributed by atoms with van der Waals surface area (Å²) in [5.41, 5.74) is 1.75. The molecule has 1 amide bonds. The molecule has 0 aliphatic carbocycles. The van der Waals surface area contributed by atoms with E-state index in [0.29, 0.717) is 17.7 Å². The van der Waals surface area contributed by atoms with Crippen LogP contribution in [-0.4, -0.2) is 57.7 Å². The molecule has 172 valence electrons. The number of ether oxygens (including phenoxy) is 2. The van der Waals surface area contributed by atoms with Crippen LogP contribution in [0.4, 0.5) is 0 Å². The normalized spacial score (nSPS) is 11.5. The van der Waals surface area contributed by atoms with Gasteiger partial charge >= 0.3 is 5.97 Å². The summed E-state index contributed by atoms with van der Waals surface area (Å²) in [6.45, 7) is 1.58. The average molecular weight is 447 g/mol. The molecule has 6 heteroatoms. The van der Waals surface area contributed by atoms with E-state index in [4.69, 9.17) is 9.47 Å². The SMILES string of the molecule is COC(=O)c1ccc(C=C(COc2cccc3ccccc23)C(=O)NCCCN(C)C)cc1. The molecule has 3 aromatic rings. The van der Waals surface area contributed by atoms with Gasteiger partial charge in [0, 0.05) is 11.9 Å². The summed E-state index contributed by atoms with van der Waals surface area (Å²) in [5, 5.41) is 5.05. The minimum Gasteiger partial charge on any atom is -0.488 e. The number of hydrogen-bond acceptors (Lipinski definition) is 5. The molecule has 0 spiro atoms. The van der Waals surface area contributed by atoms with Gasteiger partial charge < -0.3 is 19.7 Å². The molecule has 33 heavy (non-hydrogen) atoms. The van der Waals surface area contributed by atoms with Crippen LogP contribution in [0.3, 0.4) is 0 Å². The Kier molecular flexibility index (Phi) is 8.61. The molecule has 6 nitrogen and oxygen atoms in total. The molecular weight excluding hydrogens is 416 g/mol. The lowest BCUT2D eigenvalue weighted by molar-refractivity contribution is -0.117. The number of esters is 1. The zero-order valence-corrected chi connectivity index (χ0v) is 19.3. The number of carbonyl (C=O) groups is 2. The van der Waals surface area contributed by atoms with Crippen molar-refractivity contribution in [3.63, 3.8) is 0 Å². The van der Waals surface area contributed by atoms with Crippen LogP contribution in [0.25, 0.3) is 16.8 Å². The summed E-state index contributed by atoms with van der Waals surface area (Å²) < 4.78 is 10.8. The summed E-state index contributed by atoms with van der Waals surface area (Å²) >= 11 is 0. The van der Waals surface area contributed by atoms with Gasteiger partial charge in [-0.2, -0.15) is 0 Å². The third kappa shape index (κ3) is 6.92. The summed E-state index contributed by atoms with van der Waals surface area (Å²) in [7, 11) is 5.35. The third-order valence-corrected chi connectivity index (χ3v) is 5.16. The van der Waals surface area contributed by atoms with Crippen molar-refractivity contribution in [1.82, 2.24) is 10.2 Å². The van der Waals surface area contributed by atoms with Gasteiger partial charge in [-0.05, 0) is 62.3 Å². The van der Waals surface area contributed by atoms with Crippen LogP contribution in [0, 0.1) is 0 Å². The van der Waals surface area contributed by atoms with Gasteiger partial charge in [0.15, 0.2) is 0 Å². The number of methoxy groups -OCH3 is 1. The molecule has 3 rings (SSSR count). The fraction of sp³-hybridized carbons (Fsp3) is 0.259. The number of fused-ring (bicyclic) bond motifs is 1. The average Bonchev–Trinajstić information content (AvgIpc) is 2.84. The van der Waals surface area contributed by atoms with Crippen LogP contribution >= 0.6 is 0 Å². The van der Waals surface area contributed by atoms with E-state index in [1.807, 2.05) is 56.6 Å². The maximum atomic E-state index is 13.0. The Morgan fingerprint density at radius 1 is 0.970 bits per heavy atom. The molecule has 0 aliphatic heterocycles. The van der Waals surface area contributed by atoms with Crippen molar-refractivity contribution in [2.45, 2.75) is 6.42 Å². The van der Waals surface area contributed by atoms with Gasteiger partial charge in [0.05, 0.1) is 18.2 Å². The lowest BCUT2D eigenvalue weighted by Crippen LogP contribution is -2.30. The highest BCUT2D eigenvalue weighted by Crippen LogP contribution is 2.25. The summed E-state index contributed by atoms with van der Waals surface area (Å²) in [6, 6.07) is 20.8. The van der Waals surface area contributed by atoms with Crippen molar-refractivity contribution < 1.29 is 19.1 Å². The van der Waals surface area contributed by atoms with E-state index in [2.05, 4.69) is 10.2 Å². The second-order valence-corrected chi connectivity index (χ2v) is 7.96. The molecule has 0 heterocycles. The number of nitrogens with one attached hydrogen (secondary N) is 1. The van der Waals surface area contributed by atoms with Crippen LogP contribution in [0.2, 0.25) is 0 Å². The van der Waals surface area contributed by atoms with Gasteiger partial charge in [0.2, 0.25) is 0 Å². The number of amides is 1. The first-order valence-electron chi connectivity index (χ1n) is 10.9. The summed E-state index contributed by atoms with van der Waals surface area (Å²) in [4.78, 5) is 26.7. The van der Waals surface area contributed by atoms with Crippen LogP contribution in [-0.2, 0) is 9.53 Å². The Labute approximate surface area is 194 Å². The number of benzene rings is 3. The summed E-state index contributed by atoms with van der Waals surface area (Å²) in [6.07, 6.45) is 2.64. The number of rotatable bonds is 10. The van der Waals surface area contributed by atoms with Gasteiger partial charge in [0.25, 0.3) is 5.91 Å². The fourth-order valence-corrected chi connectivity index (χ4v) is 3.40. The molecule has 0 atom stereocenters. The molecule has 3 aromatic carbocycles. The quantitative estimate of drug-likeness (QED) is 0.288. The van der Waals surface area contributed by atoms with Crippen LogP contribution in [0.15, 0.2) is 72.3 Å². The zero-order chi connectivity index (χ0) is 23.6. The Morgan fingerprint density at radius 2 is 1.70 bits per heavy atom. The fourth-order valence-electron chi connectivity index (χ4n) is 3.40. The third-order valence-electron chi connectivity index (χ3n) is 5.16. The van der Waals surface area contributed by atoms with Gasteiger partial charge in [0.1, 0.15) is 12.4 Å². The molecule has 0 fully saturated rings. The van der Waals surface area contributed by atoms with Crippen molar-refractivity contribution in [3.8, 4) is 5.75 Å². The van der Waals surface area contributed by atoms with Crippen molar-refractivity contribution in [1.29, 1.82) is 0 Å². The Morgan fingerprint density at radius 3 is 2.42 bits per heavy atom. The highest BCUT2D eigenvalue weighted by Gasteiger charge is 2.12. The second kappa shape index (κ2) is 11.8. The van der Waals surface area contributed by atoms with Gasteiger partial charge in [-0.3, -0.25) is 4.79 Å². The van der Waals surface area contributed by atoms with Crippen LogP contribution in [0.1, 0.15) is 22.3 Å². The molecule has 0 bridgehead atoms. The Hall–Kier alpha value is -3.64. The zero-order valence-electron chi connectivity index (χ0n) is 19.3. The van der Waals surface area contributed by atoms with Crippen LogP contribution < -0.4 is 10.1 Å². The molecule has 0 saturated heterocycles. The summed E-state index contributed by atoms with van der Waals surface area (Å²) in [5.74, 6) is 0.148. The molecule has 0 unspecified atom stereocenters. The standard InChI is InChI=1S/C27H30N2O4/c1-29(2)17-7-16-28-26(30)23(18-20-12-14-22(15-13-20)27(31)32-3)19-33-25-11-6-9-21-8-4-5-10-24(21)25/h4-6,8-15,18H,7,16-17,19H2,1-3H3,(H,28,30). The van der Waals surface area contributed by atoms with Crippen molar-refractivity contribution in [3.05, 3.63) is 83.4 Å². The van der Waals surface area contributed by atoms with Gasteiger partial charge in [-0.1, -0.05) is 48.5 Å².